The van der Waals surface area contributed by atoms with Crippen molar-refractivity contribution in [3.8, 4) is 5.75 Å². The molecule has 3 aromatic rings. The van der Waals surface area contributed by atoms with E-state index in [4.69, 9.17) is 20.8 Å². The Bertz CT molecular complexity index is 1320. The number of hydrogen-bond acceptors (Lipinski definition) is 6. The van der Waals surface area contributed by atoms with E-state index in [-0.39, 0.29) is 22.8 Å². The summed E-state index contributed by atoms with van der Waals surface area (Å²) in [6.45, 7) is 1.76. The highest BCUT2D eigenvalue weighted by Crippen LogP contribution is 2.32. The number of halogens is 1. The fourth-order valence-electron chi connectivity index (χ4n) is 2.98. The Kier molecular flexibility index (Phi) is 6.54. The molecule has 164 valence electrons. The fraction of sp³-hybridized carbons (Fsp3) is 0.200. The van der Waals surface area contributed by atoms with Gasteiger partial charge in [-0.25, -0.2) is 14.3 Å². The number of rotatable bonds is 6. The Balaban J connectivity index is 1.99. The summed E-state index contributed by atoms with van der Waals surface area (Å²) in [6.07, 6.45) is -0.487. The zero-order valence-corrected chi connectivity index (χ0v) is 18.5. The van der Waals surface area contributed by atoms with Crippen molar-refractivity contribution in [2.24, 2.45) is 0 Å². The van der Waals surface area contributed by atoms with Gasteiger partial charge in [0.2, 0.25) is 0 Å². The molecule has 0 saturated carbocycles. The van der Waals surface area contributed by atoms with Crippen molar-refractivity contribution in [2.75, 3.05) is 18.8 Å². The highest BCUT2D eigenvalue weighted by molar-refractivity contribution is 7.90. The molecule has 0 spiro atoms. The molecule has 0 aliphatic rings. The number of carbonyl (C=O) groups excluding carboxylic acids is 1. The topological polar surface area (TPSA) is 127 Å². The van der Waals surface area contributed by atoms with Gasteiger partial charge in [-0.15, -0.1) is 0 Å². The minimum Gasteiger partial charge on any atom is -0.422 e. The molecule has 1 aromatic heterocycles. The summed E-state index contributed by atoms with van der Waals surface area (Å²) in [5, 5.41) is 3.09. The molecule has 2 aromatic carbocycles. The monoisotopic (exact) mass is 465 g/mol. The summed E-state index contributed by atoms with van der Waals surface area (Å²) < 4.78 is 38.5. The van der Waals surface area contributed by atoms with Crippen LogP contribution in [0.1, 0.15) is 16.7 Å². The molecule has 0 saturated heterocycles. The Morgan fingerprint density at radius 3 is 2.61 bits per heavy atom. The summed E-state index contributed by atoms with van der Waals surface area (Å²) in [5.41, 5.74) is 1.79. The molecule has 3 rings (SSSR count). The summed E-state index contributed by atoms with van der Waals surface area (Å²) in [4.78, 5) is 24.1. The first-order chi connectivity index (χ1) is 14.6. The van der Waals surface area contributed by atoms with Crippen LogP contribution in [0, 0.1) is 6.92 Å². The second-order valence-electron chi connectivity index (χ2n) is 6.60. The van der Waals surface area contributed by atoms with Crippen molar-refractivity contribution in [1.82, 2.24) is 10.0 Å². The van der Waals surface area contributed by atoms with Crippen LogP contribution in [-0.2, 0) is 16.6 Å². The molecule has 1 heterocycles. The van der Waals surface area contributed by atoms with Crippen LogP contribution in [0.2, 0.25) is 5.02 Å². The molecule has 0 fully saturated rings. The first-order valence-corrected chi connectivity index (χ1v) is 10.9. The highest BCUT2D eigenvalue weighted by Gasteiger charge is 2.16. The average molecular weight is 466 g/mol. The third-order valence-electron chi connectivity index (χ3n) is 4.58. The lowest BCUT2D eigenvalue weighted by molar-refractivity contribution is 0.203. The SMILES string of the molecule is CNC(=O)Oc1cc2oc(=O)c(Cc3cccc(NS(=O)(=O)NC)c3)c(C)c2cc1Cl. The van der Waals surface area contributed by atoms with E-state index in [1.165, 1.54) is 20.2 Å². The molecule has 0 atom stereocenters. The maximum atomic E-state index is 12.7. The number of hydrogen-bond donors (Lipinski definition) is 3. The van der Waals surface area contributed by atoms with Crippen LogP contribution in [0.4, 0.5) is 10.5 Å². The molecule has 0 bridgehead atoms. The normalized spacial score (nSPS) is 11.4. The lowest BCUT2D eigenvalue weighted by Crippen LogP contribution is -2.26. The van der Waals surface area contributed by atoms with Crippen molar-refractivity contribution in [2.45, 2.75) is 13.3 Å². The van der Waals surface area contributed by atoms with Crippen molar-refractivity contribution >= 4 is 44.6 Å². The van der Waals surface area contributed by atoms with Crippen molar-refractivity contribution in [1.29, 1.82) is 0 Å². The number of amides is 1. The van der Waals surface area contributed by atoms with Crippen LogP contribution >= 0.6 is 11.6 Å². The summed E-state index contributed by atoms with van der Waals surface area (Å²) >= 11 is 6.23. The summed E-state index contributed by atoms with van der Waals surface area (Å²) in [5.74, 6) is 0.0633. The minimum absolute atomic E-state index is 0.0633. The van der Waals surface area contributed by atoms with Gasteiger partial charge in [0.05, 0.1) is 10.7 Å². The van der Waals surface area contributed by atoms with Crippen LogP contribution in [0.15, 0.2) is 45.6 Å². The molecule has 0 radical (unpaired) electrons. The van der Waals surface area contributed by atoms with Gasteiger partial charge in [-0.05, 0) is 36.2 Å². The molecule has 0 unspecified atom stereocenters. The summed E-state index contributed by atoms with van der Waals surface area (Å²) in [7, 11) is -0.955. The Morgan fingerprint density at radius 2 is 1.94 bits per heavy atom. The van der Waals surface area contributed by atoms with Gasteiger partial charge in [0.15, 0.2) is 5.75 Å². The first kappa shape index (κ1) is 22.6. The highest BCUT2D eigenvalue weighted by atomic mass is 35.5. The second-order valence-corrected chi connectivity index (χ2v) is 8.62. The van der Waals surface area contributed by atoms with Crippen LogP contribution < -0.4 is 25.1 Å². The van der Waals surface area contributed by atoms with Crippen LogP contribution in [0.3, 0.4) is 0 Å². The average Bonchev–Trinajstić information content (AvgIpc) is 2.72. The number of benzene rings is 2. The standard InChI is InChI=1S/C20H20ClN3O6S/c1-11-14-9-16(21)18(30-20(26)22-2)10-17(14)29-19(25)15(11)8-12-5-4-6-13(7-12)24-31(27,28)23-3/h4-7,9-10,23-24H,8H2,1-3H3,(H,22,26). The zero-order chi connectivity index (χ0) is 22.8. The van der Waals surface area contributed by atoms with Crippen LogP contribution in [-0.4, -0.2) is 28.6 Å². The fourth-order valence-corrected chi connectivity index (χ4v) is 3.72. The number of anilines is 1. The first-order valence-electron chi connectivity index (χ1n) is 9.09. The van der Waals surface area contributed by atoms with Gasteiger partial charge < -0.3 is 14.5 Å². The van der Waals surface area contributed by atoms with Crippen LogP contribution in [0.25, 0.3) is 11.0 Å². The van der Waals surface area contributed by atoms with E-state index in [9.17, 15) is 18.0 Å². The Hall–Kier alpha value is -3.08. The van der Waals surface area contributed by atoms with E-state index in [2.05, 4.69) is 14.8 Å². The third kappa shape index (κ3) is 5.16. The lowest BCUT2D eigenvalue weighted by Gasteiger charge is -2.12. The quantitative estimate of drug-likeness (QED) is 0.480. The van der Waals surface area contributed by atoms with Gasteiger partial charge in [-0.1, -0.05) is 23.7 Å². The number of aryl methyl sites for hydroxylation is 1. The number of ether oxygens (including phenoxy) is 1. The molecule has 0 aliphatic heterocycles. The number of fused-ring (bicyclic) bond motifs is 1. The Labute approximate surface area is 183 Å². The largest absolute Gasteiger partial charge is 0.422 e. The molecule has 0 aliphatic carbocycles. The summed E-state index contributed by atoms with van der Waals surface area (Å²) in [6, 6.07) is 9.63. The van der Waals surface area contributed by atoms with Crippen molar-refractivity contribution in [3.63, 3.8) is 0 Å². The van der Waals surface area contributed by atoms with E-state index in [1.807, 2.05) is 0 Å². The van der Waals surface area contributed by atoms with E-state index < -0.39 is 21.9 Å². The van der Waals surface area contributed by atoms with Crippen molar-refractivity contribution < 1.29 is 22.4 Å². The molecule has 11 heteroatoms. The number of carbonyl (C=O) groups is 1. The predicted octanol–water partition coefficient (Wildman–Crippen LogP) is 2.94. The molecular weight excluding hydrogens is 446 g/mol. The zero-order valence-electron chi connectivity index (χ0n) is 16.9. The third-order valence-corrected chi connectivity index (χ3v) is 5.91. The second kappa shape index (κ2) is 8.96. The van der Waals surface area contributed by atoms with Gasteiger partial charge in [0.25, 0.3) is 10.2 Å². The molecule has 9 nitrogen and oxygen atoms in total. The molecule has 3 N–H and O–H groups in total. The number of nitrogens with one attached hydrogen (secondary N) is 3. The van der Waals surface area contributed by atoms with Gasteiger partial charge >= 0.3 is 11.7 Å². The van der Waals surface area contributed by atoms with E-state index in [1.54, 1.807) is 37.3 Å². The van der Waals surface area contributed by atoms with Gasteiger partial charge in [-0.3, -0.25) is 4.72 Å². The Morgan fingerprint density at radius 1 is 1.19 bits per heavy atom. The van der Waals surface area contributed by atoms with Crippen molar-refractivity contribution in [3.05, 3.63) is 68.5 Å². The van der Waals surface area contributed by atoms with Crippen LogP contribution in [0.5, 0.6) is 5.75 Å². The maximum Gasteiger partial charge on any atom is 0.412 e. The minimum atomic E-state index is -3.66. The maximum absolute atomic E-state index is 12.7. The van der Waals surface area contributed by atoms with E-state index in [0.717, 1.165) is 0 Å². The van der Waals surface area contributed by atoms with Gasteiger partial charge in [0.1, 0.15) is 5.58 Å². The molecule has 31 heavy (non-hydrogen) atoms. The predicted molar refractivity (Wildman–Crippen MR) is 118 cm³/mol. The van der Waals surface area contributed by atoms with E-state index >= 15 is 0 Å². The molecular formula is C20H20ClN3O6S. The van der Waals surface area contributed by atoms with Gasteiger partial charge in [-0.2, -0.15) is 8.42 Å². The molecule has 1 amide bonds. The van der Waals surface area contributed by atoms with Gasteiger partial charge in [0, 0.05) is 37.5 Å². The smallest absolute Gasteiger partial charge is 0.412 e. The lowest BCUT2D eigenvalue weighted by atomic mass is 9.99. The van der Waals surface area contributed by atoms with E-state index in [0.29, 0.717) is 27.8 Å².